The minimum atomic E-state index is -5.03. The van der Waals surface area contributed by atoms with Crippen LogP contribution < -0.4 is 10.1 Å². The molecule has 0 saturated carbocycles. The smallest absolute Gasteiger partial charge is 0.471 e. The summed E-state index contributed by atoms with van der Waals surface area (Å²) in [4.78, 5) is 14.9. The minimum Gasteiger partial charge on any atom is -0.495 e. The summed E-state index contributed by atoms with van der Waals surface area (Å²) in [5.74, 6) is -2.24. The molecule has 0 bridgehead atoms. The van der Waals surface area contributed by atoms with Crippen molar-refractivity contribution in [3.8, 4) is 17.2 Å². The average molecular weight is 371 g/mol. The van der Waals surface area contributed by atoms with Gasteiger partial charge in [-0.1, -0.05) is 35.9 Å². The molecule has 1 heterocycles. The Morgan fingerprint density at radius 2 is 1.96 bits per heavy atom. The molecular weight excluding hydrogens is 361 g/mol. The first kappa shape index (κ1) is 17.1. The van der Waals surface area contributed by atoms with Gasteiger partial charge in [-0.05, 0) is 6.07 Å². The number of aromatic nitrogens is 1. The van der Waals surface area contributed by atoms with Crippen LogP contribution in [0.2, 0.25) is 5.02 Å². The number of fused-ring (bicyclic) bond motifs is 1. The molecule has 25 heavy (non-hydrogen) atoms. The number of carbonyl (C=O) groups is 1. The lowest BCUT2D eigenvalue weighted by Gasteiger charge is -2.11. The van der Waals surface area contributed by atoms with Gasteiger partial charge in [0.25, 0.3) is 0 Å². The first-order valence-electron chi connectivity index (χ1n) is 6.91. The van der Waals surface area contributed by atoms with Crippen LogP contribution in [0.15, 0.2) is 40.9 Å². The topological polar surface area (TPSA) is 64.4 Å². The number of rotatable bonds is 3. The van der Waals surface area contributed by atoms with Crippen molar-refractivity contribution in [1.29, 1.82) is 0 Å². The molecule has 2 aromatic carbocycles. The molecule has 0 aliphatic rings. The largest absolute Gasteiger partial charge is 0.495 e. The van der Waals surface area contributed by atoms with Crippen molar-refractivity contribution in [2.75, 3.05) is 12.4 Å². The van der Waals surface area contributed by atoms with Crippen molar-refractivity contribution in [3.05, 3.63) is 41.6 Å². The van der Waals surface area contributed by atoms with Crippen LogP contribution in [0.1, 0.15) is 0 Å². The molecule has 3 rings (SSSR count). The zero-order valence-electron chi connectivity index (χ0n) is 12.6. The summed E-state index contributed by atoms with van der Waals surface area (Å²) in [7, 11) is 1.44. The number of benzene rings is 2. The second-order valence-corrected chi connectivity index (χ2v) is 5.37. The Hall–Kier alpha value is -2.74. The molecular formula is C16H10ClF3N2O3. The Morgan fingerprint density at radius 3 is 2.60 bits per heavy atom. The molecule has 1 amide bonds. The quantitative estimate of drug-likeness (QED) is 0.728. The molecule has 0 spiro atoms. The van der Waals surface area contributed by atoms with Gasteiger partial charge in [-0.25, -0.2) is 4.98 Å². The molecule has 0 saturated heterocycles. The molecule has 130 valence electrons. The van der Waals surface area contributed by atoms with Crippen LogP contribution in [0.4, 0.5) is 19.1 Å². The van der Waals surface area contributed by atoms with Gasteiger partial charge in [0.05, 0.1) is 18.9 Å². The highest BCUT2D eigenvalue weighted by atomic mass is 35.5. The number of hydrogen-bond acceptors (Lipinski definition) is 4. The molecule has 1 N–H and O–H groups in total. The Kier molecular flexibility index (Phi) is 4.30. The predicted octanol–water partition coefficient (Wildman–Crippen LogP) is 4.66. The second-order valence-electron chi connectivity index (χ2n) is 4.97. The van der Waals surface area contributed by atoms with E-state index in [1.165, 1.54) is 13.2 Å². The first-order valence-corrected chi connectivity index (χ1v) is 7.28. The van der Waals surface area contributed by atoms with Crippen LogP contribution in [0.3, 0.4) is 0 Å². The predicted molar refractivity (Wildman–Crippen MR) is 85.7 cm³/mol. The molecule has 0 aliphatic heterocycles. The molecule has 0 radical (unpaired) electrons. The number of nitrogens with zero attached hydrogens (tertiary/aromatic N) is 1. The van der Waals surface area contributed by atoms with Crippen LogP contribution in [-0.2, 0) is 4.79 Å². The van der Waals surface area contributed by atoms with E-state index in [4.69, 9.17) is 20.8 Å². The summed E-state index contributed by atoms with van der Waals surface area (Å²) in [5.41, 5.74) is 0.346. The number of halogens is 4. The van der Waals surface area contributed by atoms with Gasteiger partial charge >= 0.3 is 12.1 Å². The van der Waals surface area contributed by atoms with Crippen LogP contribution >= 0.6 is 11.6 Å². The normalized spacial score (nSPS) is 11.6. The molecule has 1 aromatic heterocycles. The summed E-state index contributed by atoms with van der Waals surface area (Å²) in [6, 6.07) is 8.70. The van der Waals surface area contributed by atoms with Gasteiger partial charge < -0.3 is 9.15 Å². The average Bonchev–Trinajstić information content (AvgIpc) is 3.02. The molecule has 3 aromatic rings. The van der Waals surface area contributed by atoms with Crippen molar-refractivity contribution >= 4 is 34.2 Å². The number of hydrogen-bond donors (Lipinski definition) is 1. The molecule has 5 nitrogen and oxygen atoms in total. The second kappa shape index (κ2) is 6.29. The third kappa shape index (κ3) is 3.25. The van der Waals surface area contributed by atoms with E-state index in [0.29, 0.717) is 21.7 Å². The molecule has 0 atom stereocenters. The maximum Gasteiger partial charge on any atom is 0.471 e. The minimum absolute atomic E-state index is 0.0398. The van der Waals surface area contributed by atoms with E-state index in [0.717, 1.165) is 11.6 Å². The van der Waals surface area contributed by atoms with Crippen molar-refractivity contribution < 1.29 is 27.1 Å². The van der Waals surface area contributed by atoms with Crippen LogP contribution in [0.25, 0.3) is 22.2 Å². The molecule has 0 aliphatic carbocycles. The number of nitrogens with one attached hydrogen (secondary N) is 1. The SMILES string of the molecule is COc1c(-c2ncc(NC(=O)C(F)(F)F)o2)cc(Cl)c2ccccc12. The van der Waals surface area contributed by atoms with Gasteiger partial charge in [0.15, 0.2) is 0 Å². The first-order chi connectivity index (χ1) is 11.8. The van der Waals surface area contributed by atoms with E-state index in [1.54, 1.807) is 23.5 Å². The fourth-order valence-electron chi connectivity index (χ4n) is 2.32. The van der Waals surface area contributed by atoms with Crippen molar-refractivity contribution in [2.24, 2.45) is 0 Å². The van der Waals surface area contributed by atoms with Gasteiger partial charge in [0.2, 0.25) is 11.8 Å². The number of ether oxygens (including phenoxy) is 1. The highest BCUT2D eigenvalue weighted by Crippen LogP contribution is 2.40. The number of oxazole rings is 1. The van der Waals surface area contributed by atoms with Crippen LogP contribution in [0, 0.1) is 0 Å². The fraction of sp³-hybridized carbons (Fsp3) is 0.125. The molecule has 0 fully saturated rings. The van der Waals surface area contributed by atoms with Gasteiger partial charge in [0, 0.05) is 15.8 Å². The Balaban J connectivity index is 2.04. The van der Waals surface area contributed by atoms with Crippen molar-refractivity contribution in [3.63, 3.8) is 0 Å². The van der Waals surface area contributed by atoms with E-state index in [9.17, 15) is 18.0 Å². The number of amides is 1. The summed E-state index contributed by atoms with van der Waals surface area (Å²) in [5, 5.41) is 3.41. The summed E-state index contributed by atoms with van der Waals surface area (Å²) < 4.78 is 47.5. The van der Waals surface area contributed by atoms with Gasteiger partial charge in [-0.2, -0.15) is 13.2 Å². The summed E-state index contributed by atoms with van der Waals surface area (Å²) in [6.45, 7) is 0. The Bertz CT molecular complexity index is 953. The fourth-order valence-corrected chi connectivity index (χ4v) is 2.60. The third-order valence-corrected chi connectivity index (χ3v) is 3.69. The highest BCUT2D eigenvalue weighted by Gasteiger charge is 2.39. The van der Waals surface area contributed by atoms with E-state index >= 15 is 0 Å². The summed E-state index contributed by atoms with van der Waals surface area (Å²) >= 11 is 6.25. The van der Waals surface area contributed by atoms with Gasteiger partial charge in [-0.3, -0.25) is 10.1 Å². The van der Waals surface area contributed by atoms with E-state index in [2.05, 4.69) is 4.98 Å². The number of carbonyl (C=O) groups excluding carboxylic acids is 1. The number of methoxy groups -OCH3 is 1. The zero-order valence-corrected chi connectivity index (χ0v) is 13.4. The Morgan fingerprint density at radius 1 is 1.28 bits per heavy atom. The van der Waals surface area contributed by atoms with Gasteiger partial charge in [-0.15, -0.1) is 0 Å². The van der Waals surface area contributed by atoms with E-state index in [1.807, 2.05) is 6.07 Å². The van der Waals surface area contributed by atoms with Crippen molar-refractivity contribution in [1.82, 2.24) is 4.98 Å². The standard InChI is InChI=1S/C16H10ClF3N2O3/c1-24-13-9-5-3-2-4-8(9)11(17)6-10(13)14-21-7-12(25-14)22-15(23)16(18,19)20/h2-7H,1H3,(H,22,23). The summed E-state index contributed by atoms with van der Waals surface area (Å²) in [6.07, 6.45) is -4.06. The van der Waals surface area contributed by atoms with Crippen LogP contribution in [-0.4, -0.2) is 24.2 Å². The van der Waals surface area contributed by atoms with E-state index < -0.39 is 18.0 Å². The number of alkyl halides is 3. The molecule has 0 unspecified atom stereocenters. The van der Waals surface area contributed by atoms with Crippen molar-refractivity contribution in [2.45, 2.75) is 6.18 Å². The van der Waals surface area contributed by atoms with E-state index in [-0.39, 0.29) is 5.89 Å². The van der Waals surface area contributed by atoms with Crippen LogP contribution in [0.5, 0.6) is 5.75 Å². The zero-order chi connectivity index (χ0) is 18.2. The highest BCUT2D eigenvalue weighted by molar-refractivity contribution is 6.36. The Labute approximate surface area is 144 Å². The lowest BCUT2D eigenvalue weighted by Crippen LogP contribution is -2.29. The maximum atomic E-state index is 12.3. The molecule has 9 heteroatoms. The lowest BCUT2D eigenvalue weighted by atomic mass is 10.0. The monoisotopic (exact) mass is 370 g/mol. The third-order valence-electron chi connectivity index (χ3n) is 3.38. The van der Waals surface area contributed by atoms with Gasteiger partial charge in [0.1, 0.15) is 5.75 Å². The maximum absolute atomic E-state index is 12.3. The number of anilines is 1. The lowest BCUT2D eigenvalue weighted by molar-refractivity contribution is -0.167.